The highest BCUT2D eigenvalue weighted by atomic mass is 35.5. The average molecular weight is 307 g/mol. The van der Waals surface area contributed by atoms with Gasteiger partial charge in [0, 0.05) is 11.4 Å². The second-order valence-electron chi connectivity index (χ2n) is 3.92. The molecule has 1 atom stereocenters. The third-order valence-electron chi connectivity index (χ3n) is 2.48. The van der Waals surface area contributed by atoms with E-state index < -0.39 is 30.8 Å². The molecule has 1 N–H and O–H groups in total. The van der Waals surface area contributed by atoms with Crippen LogP contribution >= 0.6 is 11.6 Å². The maximum absolute atomic E-state index is 12.4. The number of aliphatic hydroxyl groups excluding tert-OH is 1. The van der Waals surface area contributed by atoms with E-state index in [9.17, 15) is 31.4 Å². The highest BCUT2D eigenvalue weighted by Gasteiger charge is 2.59. The van der Waals surface area contributed by atoms with Crippen LogP contribution in [0.1, 0.15) is 5.56 Å². The summed E-state index contributed by atoms with van der Waals surface area (Å²) in [7, 11) is 0. The minimum atomic E-state index is -5.57. The normalized spacial score (nSPS) is 14.8. The van der Waals surface area contributed by atoms with Gasteiger partial charge in [-0.1, -0.05) is 29.8 Å². The third-order valence-corrected chi connectivity index (χ3v) is 2.85. The Morgan fingerprint density at radius 1 is 1.00 bits per heavy atom. The summed E-state index contributed by atoms with van der Waals surface area (Å²) in [6.45, 7) is 0. The zero-order valence-electron chi connectivity index (χ0n) is 9.26. The molecule has 0 heterocycles. The molecule has 0 aliphatic carbocycles. The van der Waals surface area contributed by atoms with Crippen molar-refractivity contribution in [2.24, 2.45) is 5.92 Å². The van der Waals surface area contributed by atoms with Crippen molar-refractivity contribution in [3.63, 3.8) is 0 Å². The summed E-state index contributed by atoms with van der Waals surface area (Å²) in [5.41, 5.74) is 0.0233. The molecule has 1 nitrogen and oxygen atoms in total. The zero-order valence-corrected chi connectivity index (χ0v) is 10.0. The largest absolute Gasteiger partial charge is 0.403 e. The molecule has 1 aromatic carbocycles. The van der Waals surface area contributed by atoms with Crippen LogP contribution in [0.4, 0.5) is 26.3 Å². The predicted molar refractivity (Wildman–Crippen MR) is 56.8 cm³/mol. The fourth-order valence-electron chi connectivity index (χ4n) is 1.63. The average Bonchev–Trinajstić information content (AvgIpc) is 2.16. The van der Waals surface area contributed by atoms with Crippen LogP contribution in [0.2, 0.25) is 5.02 Å². The SMILES string of the molecule is OC(Cc1ccccc1Cl)C(C(F)(F)F)C(F)(F)F. The van der Waals surface area contributed by atoms with Crippen LogP contribution in [0.3, 0.4) is 0 Å². The van der Waals surface area contributed by atoms with E-state index in [4.69, 9.17) is 11.6 Å². The van der Waals surface area contributed by atoms with Crippen LogP contribution in [-0.4, -0.2) is 23.6 Å². The van der Waals surface area contributed by atoms with Gasteiger partial charge in [0.05, 0.1) is 6.10 Å². The minimum Gasteiger partial charge on any atom is -0.392 e. The van der Waals surface area contributed by atoms with Gasteiger partial charge in [0.15, 0.2) is 5.92 Å². The fraction of sp³-hybridized carbons (Fsp3) is 0.455. The number of halogens is 7. The molecule has 19 heavy (non-hydrogen) atoms. The van der Waals surface area contributed by atoms with Crippen LogP contribution in [0.15, 0.2) is 24.3 Å². The van der Waals surface area contributed by atoms with Gasteiger partial charge in [-0.15, -0.1) is 0 Å². The lowest BCUT2D eigenvalue weighted by molar-refractivity contribution is -0.305. The van der Waals surface area contributed by atoms with Crippen molar-refractivity contribution in [2.75, 3.05) is 0 Å². The molecule has 0 aliphatic heterocycles. The number of hydrogen-bond acceptors (Lipinski definition) is 1. The first-order chi connectivity index (χ1) is 8.53. The van der Waals surface area contributed by atoms with Crippen LogP contribution in [-0.2, 0) is 6.42 Å². The Morgan fingerprint density at radius 3 is 1.89 bits per heavy atom. The van der Waals surface area contributed by atoms with Crippen molar-refractivity contribution >= 4 is 11.6 Å². The minimum absolute atomic E-state index is 0.00430. The molecule has 0 radical (unpaired) electrons. The van der Waals surface area contributed by atoms with Gasteiger partial charge in [-0.05, 0) is 11.6 Å². The fourth-order valence-corrected chi connectivity index (χ4v) is 1.84. The lowest BCUT2D eigenvalue weighted by atomic mass is 9.95. The van der Waals surface area contributed by atoms with Gasteiger partial charge in [-0.2, -0.15) is 26.3 Å². The van der Waals surface area contributed by atoms with E-state index in [0.717, 1.165) is 0 Å². The smallest absolute Gasteiger partial charge is 0.392 e. The molecular weight excluding hydrogens is 298 g/mol. The van der Waals surface area contributed by atoms with E-state index in [0.29, 0.717) is 0 Å². The van der Waals surface area contributed by atoms with Crippen molar-refractivity contribution in [2.45, 2.75) is 24.9 Å². The quantitative estimate of drug-likeness (QED) is 0.837. The lowest BCUT2D eigenvalue weighted by Crippen LogP contribution is -2.45. The van der Waals surface area contributed by atoms with Gasteiger partial charge < -0.3 is 5.11 Å². The van der Waals surface area contributed by atoms with Gasteiger partial charge in [-0.25, -0.2) is 0 Å². The Bertz CT molecular complexity index is 414. The molecule has 108 valence electrons. The van der Waals surface area contributed by atoms with E-state index in [1.807, 2.05) is 0 Å². The Kier molecular flexibility index (Phi) is 4.73. The maximum Gasteiger partial charge on any atom is 0.403 e. The first kappa shape index (κ1) is 16.1. The molecular formula is C11H9ClF6O. The van der Waals surface area contributed by atoms with E-state index in [1.54, 1.807) is 0 Å². The Balaban J connectivity index is 2.97. The second-order valence-corrected chi connectivity index (χ2v) is 4.33. The third kappa shape index (κ3) is 4.28. The number of benzene rings is 1. The lowest BCUT2D eigenvalue weighted by Gasteiger charge is -2.27. The predicted octanol–water partition coefficient (Wildman–Crippen LogP) is 3.98. The van der Waals surface area contributed by atoms with Gasteiger partial charge in [0.1, 0.15) is 0 Å². The Morgan fingerprint density at radius 2 is 1.47 bits per heavy atom. The maximum atomic E-state index is 12.4. The molecule has 1 rings (SSSR count). The molecule has 0 amide bonds. The van der Waals surface area contributed by atoms with Crippen LogP contribution in [0.5, 0.6) is 0 Å². The summed E-state index contributed by atoms with van der Waals surface area (Å²) in [5, 5.41) is 9.26. The first-order valence-electron chi connectivity index (χ1n) is 5.08. The summed E-state index contributed by atoms with van der Waals surface area (Å²) < 4.78 is 74.1. The van der Waals surface area contributed by atoms with Gasteiger partial charge in [-0.3, -0.25) is 0 Å². The molecule has 0 bridgehead atoms. The topological polar surface area (TPSA) is 20.2 Å². The van der Waals surface area contributed by atoms with Crippen LogP contribution in [0, 0.1) is 5.92 Å². The molecule has 0 aliphatic rings. The summed E-state index contributed by atoms with van der Waals surface area (Å²) in [6, 6.07) is 5.46. The number of alkyl halides is 6. The van der Waals surface area contributed by atoms with Gasteiger partial charge in [0.2, 0.25) is 0 Å². The molecule has 8 heteroatoms. The molecule has 0 spiro atoms. The number of rotatable bonds is 3. The summed E-state index contributed by atoms with van der Waals surface area (Å²) in [5.74, 6) is -3.80. The van der Waals surface area contributed by atoms with E-state index >= 15 is 0 Å². The van der Waals surface area contributed by atoms with Crippen molar-refractivity contribution in [1.29, 1.82) is 0 Å². The molecule has 0 fully saturated rings. The van der Waals surface area contributed by atoms with E-state index in [-0.39, 0.29) is 10.6 Å². The molecule has 1 unspecified atom stereocenters. The van der Waals surface area contributed by atoms with Crippen molar-refractivity contribution in [1.82, 2.24) is 0 Å². The molecule has 0 saturated heterocycles. The molecule has 0 aromatic heterocycles. The molecule has 0 saturated carbocycles. The van der Waals surface area contributed by atoms with Crippen molar-refractivity contribution < 1.29 is 31.4 Å². The first-order valence-corrected chi connectivity index (χ1v) is 5.46. The summed E-state index contributed by atoms with van der Waals surface area (Å²) >= 11 is 5.63. The monoisotopic (exact) mass is 306 g/mol. The Labute approximate surface area is 109 Å². The van der Waals surface area contributed by atoms with Gasteiger partial charge >= 0.3 is 12.4 Å². The van der Waals surface area contributed by atoms with E-state index in [1.165, 1.54) is 24.3 Å². The van der Waals surface area contributed by atoms with Gasteiger partial charge in [0.25, 0.3) is 0 Å². The van der Waals surface area contributed by atoms with Crippen LogP contribution < -0.4 is 0 Å². The number of aliphatic hydroxyl groups is 1. The number of hydrogen-bond donors (Lipinski definition) is 1. The summed E-state index contributed by atoms with van der Waals surface area (Å²) in [6.07, 6.45) is -14.6. The standard InChI is InChI=1S/C11H9ClF6O/c12-7-4-2-1-3-6(7)5-8(19)9(10(13,14)15)11(16,17)18/h1-4,8-9,19H,5H2. The summed E-state index contributed by atoms with van der Waals surface area (Å²) in [4.78, 5) is 0. The van der Waals surface area contributed by atoms with Crippen LogP contribution in [0.25, 0.3) is 0 Å². The Hall–Kier alpha value is -0.950. The molecule has 1 aromatic rings. The second kappa shape index (κ2) is 5.58. The van der Waals surface area contributed by atoms with Crippen molar-refractivity contribution in [3.05, 3.63) is 34.9 Å². The highest BCUT2D eigenvalue weighted by molar-refractivity contribution is 6.31. The van der Waals surface area contributed by atoms with Crippen molar-refractivity contribution in [3.8, 4) is 0 Å². The van der Waals surface area contributed by atoms with E-state index in [2.05, 4.69) is 0 Å². The highest BCUT2D eigenvalue weighted by Crippen LogP contribution is 2.42. The zero-order chi connectivity index (χ0) is 14.8.